The van der Waals surface area contributed by atoms with Gasteiger partial charge in [0.05, 0.1) is 21.3 Å². The molecular weight excluding hydrogens is 607 g/mol. The van der Waals surface area contributed by atoms with Gasteiger partial charge in [0.1, 0.15) is 11.2 Å². The van der Waals surface area contributed by atoms with Crippen molar-refractivity contribution in [2.75, 3.05) is 0 Å². The van der Waals surface area contributed by atoms with Crippen LogP contribution in [0.15, 0.2) is 157 Å². The van der Waals surface area contributed by atoms with Gasteiger partial charge in [-0.2, -0.15) is 0 Å². The maximum atomic E-state index is 6.65. The fraction of sp³-hybridized carbons (Fsp3) is 0. The van der Waals surface area contributed by atoms with Crippen molar-refractivity contribution in [3.8, 4) is 44.6 Å². The van der Waals surface area contributed by atoms with Crippen LogP contribution in [0.3, 0.4) is 0 Å². The third kappa shape index (κ3) is 4.25. The molecule has 5 heterocycles. The summed E-state index contributed by atoms with van der Waals surface area (Å²) in [5, 5.41) is 5.62. The molecule has 0 spiro atoms. The molecule has 5 heteroatoms. The van der Waals surface area contributed by atoms with E-state index in [1.165, 1.54) is 20.2 Å². The summed E-state index contributed by atoms with van der Waals surface area (Å²) in [6.07, 6.45) is 7.44. The van der Waals surface area contributed by atoms with Crippen LogP contribution >= 0.6 is 11.3 Å². The lowest BCUT2D eigenvalue weighted by molar-refractivity contribution is 0.672. The first-order valence-electron chi connectivity index (χ1n) is 15.9. The predicted molar refractivity (Wildman–Crippen MR) is 199 cm³/mol. The van der Waals surface area contributed by atoms with E-state index in [1.54, 1.807) is 11.3 Å². The Balaban J connectivity index is 1.24. The van der Waals surface area contributed by atoms with E-state index >= 15 is 0 Å². The lowest BCUT2D eigenvalue weighted by Crippen LogP contribution is -1.90. The van der Waals surface area contributed by atoms with E-state index in [0.717, 1.165) is 77.5 Å². The molecular formula is C43H25N3OS. The van der Waals surface area contributed by atoms with Crippen LogP contribution in [0, 0.1) is 0 Å². The smallest absolute Gasteiger partial charge is 0.147 e. The van der Waals surface area contributed by atoms with E-state index in [2.05, 4.69) is 113 Å². The maximum Gasteiger partial charge on any atom is 0.147 e. The Labute approximate surface area is 279 Å². The van der Waals surface area contributed by atoms with E-state index in [4.69, 9.17) is 9.40 Å². The molecule has 0 N–H and O–H groups in total. The van der Waals surface area contributed by atoms with Crippen molar-refractivity contribution in [2.45, 2.75) is 0 Å². The second kappa shape index (κ2) is 10.7. The standard InChI is InChI=1S/C43H25N3OS/c1-3-14-37-35(13-1)39-40(46-41-36(42(39)47-37)17-16-34-33-12-2-4-15-38(33)48-43(34)41)27-9-5-8-26(20-27)30-21-31(28-10-6-18-44-24-28)23-32(22-30)29-11-7-19-45-25-29/h1-25H. The van der Waals surface area contributed by atoms with Gasteiger partial charge >= 0.3 is 0 Å². The van der Waals surface area contributed by atoms with E-state index in [1.807, 2.05) is 49.1 Å². The Bertz CT molecular complexity index is 2780. The van der Waals surface area contributed by atoms with Crippen molar-refractivity contribution in [3.63, 3.8) is 0 Å². The van der Waals surface area contributed by atoms with Crippen LogP contribution in [-0.2, 0) is 0 Å². The molecule has 0 aliphatic rings. The number of hydrogen-bond acceptors (Lipinski definition) is 5. The van der Waals surface area contributed by atoms with Crippen LogP contribution in [-0.4, -0.2) is 15.0 Å². The second-order valence-corrected chi connectivity index (χ2v) is 13.1. The Morgan fingerprint density at radius 2 is 1.10 bits per heavy atom. The molecule has 0 atom stereocenters. The predicted octanol–water partition coefficient (Wildman–Crippen LogP) is 12.0. The third-order valence-corrected chi connectivity index (χ3v) is 10.4. The highest BCUT2D eigenvalue weighted by molar-refractivity contribution is 7.26. The first-order valence-corrected chi connectivity index (χ1v) is 16.7. The summed E-state index contributed by atoms with van der Waals surface area (Å²) in [6.45, 7) is 0. The third-order valence-electron chi connectivity index (χ3n) is 9.21. The largest absolute Gasteiger partial charge is 0.455 e. The average molecular weight is 632 g/mol. The molecule has 48 heavy (non-hydrogen) atoms. The van der Waals surface area contributed by atoms with Gasteiger partial charge in [-0.3, -0.25) is 9.97 Å². The minimum atomic E-state index is 0.862. The monoisotopic (exact) mass is 631 g/mol. The Kier molecular flexibility index (Phi) is 6.01. The van der Waals surface area contributed by atoms with E-state index < -0.39 is 0 Å². The van der Waals surface area contributed by atoms with E-state index in [9.17, 15) is 0 Å². The van der Waals surface area contributed by atoms with Gasteiger partial charge < -0.3 is 4.42 Å². The number of nitrogens with zero attached hydrogens (tertiary/aromatic N) is 3. The number of rotatable bonds is 4. The molecule has 224 valence electrons. The lowest BCUT2D eigenvalue weighted by atomic mass is 9.93. The molecule has 0 saturated carbocycles. The van der Waals surface area contributed by atoms with Crippen LogP contribution in [0.2, 0.25) is 0 Å². The molecule has 10 aromatic rings. The number of fused-ring (bicyclic) bond motifs is 9. The first kappa shape index (κ1) is 27.0. The van der Waals surface area contributed by atoms with Gasteiger partial charge in [0.25, 0.3) is 0 Å². The maximum absolute atomic E-state index is 6.65. The Hall–Kier alpha value is -6.17. The quantitative estimate of drug-likeness (QED) is 0.194. The molecule has 0 aliphatic carbocycles. The number of furan rings is 1. The summed E-state index contributed by atoms with van der Waals surface area (Å²) in [6, 6.07) is 44.9. The van der Waals surface area contributed by atoms with E-state index in [0.29, 0.717) is 0 Å². The fourth-order valence-electron chi connectivity index (χ4n) is 6.96. The van der Waals surface area contributed by atoms with Crippen LogP contribution in [0.1, 0.15) is 0 Å². The van der Waals surface area contributed by atoms with Crippen molar-refractivity contribution < 1.29 is 4.42 Å². The Morgan fingerprint density at radius 1 is 0.479 bits per heavy atom. The zero-order valence-electron chi connectivity index (χ0n) is 25.6. The fourth-order valence-corrected chi connectivity index (χ4v) is 8.15. The molecule has 0 fully saturated rings. The highest BCUT2D eigenvalue weighted by atomic mass is 32.1. The summed E-state index contributed by atoms with van der Waals surface area (Å²) >= 11 is 1.80. The molecule has 0 saturated heterocycles. The first-order chi connectivity index (χ1) is 23.8. The van der Waals surface area contributed by atoms with Gasteiger partial charge in [0.2, 0.25) is 0 Å². The van der Waals surface area contributed by atoms with Crippen molar-refractivity contribution in [3.05, 3.63) is 152 Å². The lowest BCUT2D eigenvalue weighted by Gasteiger charge is -2.13. The Morgan fingerprint density at radius 3 is 1.85 bits per heavy atom. The van der Waals surface area contributed by atoms with Gasteiger partial charge in [-0.25, -0.2) is 4.98 Å². The molecule has 0 aliphatic heterocycles. The highest BCUT2D eigenvalue weighted by Crippen LogP contribution is 2.45. The van der Waals surface area contributed by atoms with Gasteiger partial charge in [-0.1, -0.05) is 72.8 Å². The SMILES string of the molecule is c1cncc(-c2cc(-c3cccnc3)cc(-c3cccc(-c4nc5c(ccc6c7ccccc7sc65)c5oc6ccccc6c45)c3)c2)c1. The normalized spacial score (nSPS) is 11.8. The molecule has 0 amide bonds. The summed E-state index contributed by atoms with van der Waals surface area (Å²) in [4.78, 5) is 14.3. The van der Waals surface area contributed by atoms with Gasteiger partial charge in [-0.05, 0) is 76.9 Å². The molecule has 0 radical (unpaired) electrons. The summed E-state index contributed by atoms with van der Waals surface area (Å²) in [5.74, 6) is 0. The summed E-state index contributed by atoms with van der Waals surface area (Å²) in [7, 11) is 0. The van der Waals surface area contributed by atoms with E-state index in [-0.39, 0.29) is 0 Å². The number of thiophene rings is 1. The second-order valence-electron chi connectivity index (χ2n) is 12.1. The van der Waals surface area contributed by atoms with Crippen LogP contribution in [0.25, 0.3) is 97.7 Å². The van der Waals surface area contributed by atoms with Crippen molar-refractivity contribution in [2.24, 2.45) is 0 Å². The molecule has 10 rings (SSSR count). The van der Waals surface area contributed by atoms with Crippen LogP contribution < -0.4 is 0 Å². The van der Waals surface area contributed by atoms with Gasteiger partial charge in [-0.15, -0.1) is 11.3 Å². The number of para-hydroxylation sites is 1. The summed E-state index contributed by atoms with van der Waals surface area (Å²) in [5.41, 5.74) is 11.2. The highest BCUT2D eigenvalue weighted by Gasteiger charge is 2.21. The van der Waals surface area contributed by atoms with Crippen molar-refractivity contribution >= 4 is 64.4 Å². The molecule has 0 unspecified atom stereocenters. The minimum absolute atomic E-state index is 0.862. The molecule has 5 aromatic heterocycles. The van der Waals surface area contributed by atoms with Gasteiger partial charge in [0, 0.05) is 67.7 Å². The van der Waals surface area contributed by atoms with Crippen LogP contribution in [0.4, 0.5) is 0 Å². The molecule has 0 bridgehead atoms. The average Bonchev–Trinajstić information content (AvgIpc) is 3.75. The zero-order valence-corrected chi connectivity index (χ0v) is 26.4. The topological polar surface area (TPSA) is 51.8 Å². The molecule has 5 aromatic carbocycles. The number of hydrogen-bond donors (Lipinski definition) is 0. The van der Waals surface area contributed by atoms with Crippen molar-refractivity contribution in [1.82, 2.24) is 15.0 Å². The zero-order chi connectivity index (χ0) is 31.6. The minimum Gasteiger partial charge on any atom is -0.455 e. The van der Waals surface area contributed by atoms with Gasteiger partial charge in [0.15, 0.2) is 0 Å². The number of benzene rings is 5. The summed E-state index contributed by atoms with van der Waals surface area (Å²) < 4.78 is 9.08. The number of aromatic nitrogens is 3. The number of pyridine rings is 3. The van der Waals surface area contributed by atoms with Crippen LogP contribution in [0.5, 0.6) is 0 Å². The molecule has 4 nitrogen and oxygen atoms in total. The van der Waals surface area contributed by atoms with Crippen molar-refractivity contribution in [1.29, 1.82) is 0 Å².